The Morgan fingerprint density at radius 2 is 2.00 bits per heavy atom. The predicted octanol–water partition coefficient (Wildman–Crippen LogP) is 6.05. The lowest BCUT2D eigenvalue weighted by Gasteiger charge is -2.13. The molecule has 3 rings (SSSR count). The van der Waals surface area contributed by atoms with Crippen molar-refractivity contribution in [3.63, 3.8) is 0 Å². The third-order valence-electron chi connectivity index (χ3n) is 3.43. The van der Waals surface area contributed by atoms with Crippen LogP contribution in [0.2, 0.25) is 5.02 Å². The zero-order chi connectivity index (χ0) is 15.1. The first-order valence-electron chi connectivity index (χ1n) is 6.56. The molecule has 5 heteroatoms. The monoisotopic (exact) mass is 382 g/mol. The van der Waals surface area contributed by atoms with Crippen LogP contribution in [0.25, 0.3) is 16.7 Å². The SMILES string of the molecule is Cc1ccc(Br)cc1-n1c(C(C)Cl)nc2c(Cl)cccc21. The molecule has 0 aliphatic heterocycles. The number of para-hydroxylation sites is 1. The van der Waals surface area contributed by atoms with Gasteiger partial charge in [-0.1, -0.05) is 39.7 Å². The van der Waals surface area contributed by atoms with Crippen LogP contribution >= 0.6 is 39.1 Å². The first-order chi connectivity index (χ1) is 9.99. The van der Waals surface area contributed by atoms with Crippen LogP contribution in [0.5, 0.6) is 0 Å². The van der Waals surface area contributed by atoms with Gasteiger partial charge in [-0.15, -0.1) is 11.6 Å². The van der Waals surface area contributed by atoms with Gasteiger partial charge in [0.1, 0.15) is 11.3 Å². The van der Waals surface area contributed by atoms with Crippen LogP contribution in [0, 0.1) is 6.92 Å². The maximum Gasteiger partial charge on any atom is 0.132 e. The summed E-state index contributed by atoms with van der Waals surface area (Å²) in [7, 11) is 0. The van der Waals surface area contributed by atoms with Gasteiger partial charge in [0.25, 0.3) is 0 Å². The van der Waals surface area contributed by atoms with Crippen molar-refractivity contribution in [2.75, 3.05) is 0 Å². The average molecular weight is 384 g/mol. The number of aryl methyl sites for hydroxylation is 1. The minimum atomic E-state index is -0.216. The van der Waals surface area contributed by atoms with Gasteiger partial charge >= 0.3 is 0 Å². The molecule has 0 bridgehead atoms. The number of alkyl halides is 1. The Bertz CT molecular complexity index is 825. The number of hydrogen-bond donors (Lipinski definition) is 0. The summed E-state index contributed by atoms with van der Waals surface area (Å²) in [6, 6.07) is 11.9. The summed E-state index contributed by atoms with van der Waals surface area (Å²) >= 11 is 16.1. The van der Waals surface area contributed by atoms with E-state index in [9.17, 15) is 0 Å². The van der Waals surface area contributed by atoms with Crippen LogP contribution in [0.15, 0.2) is 40.9 Å². The maximum absolute atomic E-state index is 6.34. The highest BCUT2D eigenvalue weighted by Gasteiger charge is 2.19. The molecule has 1 atom stereocenters. The minimum Gasteiger partial charge on any atom is -0.295 e. The lowest BCUT2D eigenvalue weighted by atomic mass is 10.2. The van der Waals surface area contributed by atoms with Gasteiger partial charge in [-0.3, -0.25) is 4.57 Å². The first-order valence-corrected chi connectivity index (χ1v) is 8.17. The van der Waals surface area contributed by atoms with Crippen molar-refractivity contribution in [1.29, 1.82) is 0 Å². The van der Waals surface area contributed by atoms with Crippen LogP contribution in [-0.2, 0) is 0 Å². The molecule has 108 valence electrons. The van der Waals surface area contributed by atoms with E-state index in [1.807, 2.05) is 31.2 Å². The van der Waals surface area contributed by atoms with E-state index < -0.39 is 0 Å². The number of fused-ring (bicyclic) bond motifs is 1. The predicted molar refractivity (Wildman–Crippen MR) is 92.8 cm³/mol. The molecule has 0 spiro atoms. The molecular weight excluding hydrogens is 371 g/mol. The summed E-state index contributed by atoms with van der Waals surface area (Å²) in [5.74, 6) is 0.793. The molecule has 1 heterocycles. The maximum atomic E-state index is 6.34. The summed E-state index contributed by atoms with van der Waals surface area (Å²) in [5, 5.41) is 0.421. The Morgan fingerprint density at radius 3 is 2.71 bits per heavy atom. The van der Waals surface area contributed by atoms with E-state index in [2.05, 4.69) is 44.5 Å². The van der Waals surface area contributed by atoms with Crippen LogP contribution in [0.4, 0.5) is 0 Å². The molecule has 1 aromatic heterocycles. The van der Waals surface area contributed by atoms with Gasteiger partial charge in [0.15, 0.2) is 0 Å². The number of hydrogen-bond acceptors (Lipinski definition) is 1. The fourth-order valence-electron chi connectivity index (χ4n) is 2.43. The fourth-order valence-corrected chi connectivity index (χ4v) is 3.13. The number of halogens is 3. The molecule has 1 unspecified atom stereocenters. The Balaban J connectivity index is 2.42. The van der Waals surface area contributed by atoms with E-state index in [0.717, 1.165) is 32.6 Å². The second-order valence-electron chi connectivity index (χ2n) is 4.96. The van der Waals surface area contributed by atoms with Gasteiger partial charge in [0.2, 0.25) is 0 Å². The molecular formula is C16H13BrCl2N2. The van der Waals surface area contributed by atoms with Gasteiger partial charge < -0.3 is 0 Å². The molecule has 2 aromatic carbocycles. The molecule has 0 amide bonds. The lowest BCUT2D eigenvalue weighted by molar-refractivity contribution is 0.878. The molecule has 0 saturated carbocycles. The van der Waals surface area contributed by atoms with Crippen molar-refractivity contribution in [2.45, 2.75) is 19.2 Å². The van der Waals surface area contributed by atoms with E-state index in [1.165, 1.54) is 0 Å². The molecule has 0 saturated heterocycles. The zero-order valence-electron chi connectivity index (χ0n) is 11.6. The van der Waals surface area contributed by atoms with Crippen molar-refractivity contribution >= 4 is 50.2 Å². The molecule has 0 aliphatic rings. The van der Waals surface area contributed by atoms with Crippen LogP contribution in [0.1, 0.15) is 23.7 Å². The highest BCUT2D eigenvalue weighted by atomic mass is 79.9. The quantitative estimate of drug-likeness (QED) is 0.492. The Kier molecular flexibility index (Phi) is 4.00. The second kappa shape index (κ2) is 5.64. The molecule has 3 aromatic rings. The third kappa shape index (κ3) is 2.59. The lowest BCUT2D eigenvalue weighted by Crippen LogP contribution is -2.03. The minimum absolute atomic E-state index is 0.216. The van der Waals surface area contributed by atoms with Crippen molar-refractivity contribution < 1.29 is 0 Å². The Morgan fingerprint density at radius 1 is 1.24 bits per heavy atom. The summed E-state index contributed by atoms with van der Waals surface area (Å²) in [6.45, 7) is 3.99. The molecule has 21 heavy (non-hydrogen) atoms. The van der Waals surface area contributed by atoms with Gasteiger partial charge in [0, 0.05) is 4.47 Å². The summed E-state index contributed by atoms with van der Waals surface area (Å²) < 4.78 is 3.10. The van der Waals surface area contributed by atoms with Gasteiger partial charge in [-0.2, -0.15) is 0 Å². The molecule has 2 nitrogen and oxygen atoms in total. The van der Waals surface area contributed by atoms with Crippen LogP contribution < -0.4 is 0 Å². The normalized spacial score (nSPS) is 12.8. The molecule has 0 fully saturated rings. The van der Waals surface area contributed by atoms with E-state index in [-0.39, 0.29) is 5.38 Å². The highest BCUT2D eigenvalue weighted by Crippen LogP contribution is 2.33. The largest absolute Gasteiger partial charge is 0.295 e. The van der Waals surface area contributed by atoms with Crippen LogP contribution in [-0.4, -0.2) is 9.55 Å². The van der Waals surface area contributed by atoms with E-state index >= 15 is 0 Å². The Hall–Kier alpha value is -1.03. The van der Waals surface area contributed by atoms with E-state index in [1.54, 1.807) is 0 Å². The summed E-state index contributed by atoms with van der Waals surface area (Å²) in [6.07, 6.45) is 0. The topological polar surface area (TPSA) is 17.8 Å². The molecule has 0 aliphatic carbocycles. The average Bonchev–Trinajstić information content (AvgIpc) is 2.82. The molecule has 0 N–H and O–H groups in total. The number of benzene rings is 2. The van der Waals surface area contributed by atoms with E-state index in [0.29, 0.717) is 5.02 Å². The number of imidazole rings is 1. The van der Waals surface area contributed by atoms with Crippen molar-refractivity contribution in [3.8, 4) is 5.69 Å². The fraction of sp³-hybridized carbons (Fsp3) is 0.188. The van der Waals surface area contributed by atoms with Crippen molar-refractivity contribution in [1.82, 2.24) is 9.55 Å². The smallest absolute Gasteiger partial charge is 0.132 e. The second-order valence-corrected chi connectivity index (χ2v) is 6.94. The zero-order valence-corrected chi connectivity index (χ0v) is 14.7. The van der Waals surface area contributed by atoms with Crippen LogP contribution in [0.3, 0.4) is 0 Å². The van der Waals surface area contributed by atoms with Gasteiger partial charge in [-0.05, 0) is 43.7 Å². The van der Waals surface area contributed by atoms with Crippen molar-refractivity contribution in [2.24, 2.45) is 0 Å². The Labute approximate surface area is 141 Å². The third-order valence-corrected chi connectivity index (χ3v) is 4.42. The standard InChI is InChI=1S/C16H13BrCl2N2/c1-9-6-7-11(17)8-14(9)21-13-5-3-4-12(19)15(13)20-16(21)10(2)18/h3-8,10H,1-2H3. The number of aromatic nitrogens is 2. The van der Waals surface area contributed by atoms with Crippen molar-refractivity contribution in [3.05, 3.63) is 57.3 Å². The summed E-state index contributed by atoms with van der Waals surface area (Å²) in [4.78, 5) is 4.64. The highest BCUT2D eigenvalue weighted by molar-refractivity contribution is 9.10. The van der Waals surface area contributed by atoms with E-state index in [4.69, 9.17) is 23.2 Å². The number of rotatable bonds is 2. The first kappa shape index (κ1) is 14.9. The molecule has 0 radical (unpaired) electrons. The van der Waals surface area contributed by atoms with Gasteiger partial charge in [-0.25, -0.2) is 4.98 Å². The summed E-state index contributed by atoms with van der Waals surface area (Å²) in [5.41, 5.74) is 3.94. The number of nitrogens with zero attached hydrogens (tertiary/aromatic N) is 2. The van der Waals surface area contributed by atoms with Gasteiger partial charge in [0.05, 0.1) is 21.6 Å².